The van der Waals surface area contributed by atoms with Gasteiger partial charge in [0.1, 0.15) is 5.54 Å². The van der Waals surface area contributed by atoms with Gasteiger partial charge in [-0.05, 0) is 6.42 Å². The predicted octanol–water partition coefficient (Wildman–Crippen LogP) is -0.325. The molecule has 0 radical (unpaired) electrons. The molecule has 0 rings (SSSR count). The Morgan fingerprint density at radius 1 is 1.80 bits per heavy atom. The van der Waals surface area contributed by atoms with Crippen molar-refractivity contribution in [1.29, 1.82) is 0 Å². The van der Waals surface area contributed by atoms with Crippen molar-refractivity contribution >= 4 is 18.5 Å². The van der Waals surface area contributed by atoms with E-state index in [1.165, 1.54) is 0 Å². The van der Waals surface area contributed by atoms with Gasteiger partial charge in [-0.1, -0.05) is 6.08 Å². The van der Waals surface area contributed by atoms with Crippen LogP contribution in [0.1, 0.15) is 6.42 Å². The van der Waals surface area contributed by atoms with Gasteiger partial charge in [-0.2, -0.15) is 12.6 Å². The summed E-state index contributed by atoms with van der Waals surface area (Å²) in [6, 6.07) is 0. The molecule has 1 amide bonds. The van der Waals surface area contributed by atoms with Crippen LogP contribution in [0.15, 0.2) is 12.7 Å². The Bertz CT molecular complexity index is 149. The van der Waals surface area contributed by atoms with E-state index in [2.05, 4.69) is 19.2 Å². The quantitative estimate of drug-likeness (QED) is 0.389. The molecular formula is C6H12N2OS. The van der Waals surface area contributed by atoms with Crippen LogP contribution in [-0.4, -0.2) is 17.2 Å². The lowest BCUT2D eigenvalue weighted by molar-refractivity contribution is -0.122. The van der Waals surface area contributed by atoms with Crippen molar-refractivity contribution in [3.05, 3.63) is 12.7 Å². The van der Waals surface area contributed by atoms with Crippen LogP contribution in [0.4, 0.5) is 0 Å². The second kappa shape index (κ2) is 3.63. The molecule has 0 aliphatic rings. The summed E-state index contributed by atoms with van der Waals surface area (Å²) in [5, 5.41) is 0. The number of hydrogen-bond acceptors (Lipinski definition) is 3. The molecule has 0 aliphatic heterocycles. The fraction of sp³-hybridized carbons (Fsp3) is 0.500. The number of primary amides is 1. The second-order valence-corrected chi connectivity index (χ2v) is 2.49. The first kappa shape index (κ1) is 9.52. The van der Waals surface area contributed by atoms with Crippen molar-refractivity contribution < 1.29 is 4.79 Å². The van der Waals surface area contributed by atoms with Crippen molar-refractivity contribution in [1.82, 2.24) is 0 Å². The zero-order valence-corrected chi connectivity index (χ0v) is 6.60. The van der Waals surface area contributed by atoms with Crippen LogP contribution < -0.4 is 11.5 Å². The van der Waals surface area contributed by atoms with Crippen molar-refractivity contribution in [3.63, 3.8) is 0 Å². The maximum absolute atomic E-state index is 10.6. The average Bonchev–Trinajstić information content (AvgIpc) is 1.88. The fourth-order valence-corrected chi connectivity index (χ4v) is 0.786. The summed E-state index contributed by atoms with van der Waals surface area (Å²) < 4.78 is 0. The lowest BCUT2D eigenvalue weighted by Crippen LogP contribution is -2.53. The standard InChI is InChI=1S/C6H12N2OS/c1-2-3-6(8,4-10)5(7)9/h2,10H,1,3-4,8H2,(H2,7,9)/t6-/m0/s1. The number of amides is 1. The summed E-state index contributed by atoms with van der Waals surface area (Å²) in [7, 11) is 0. The van der Waals surface area contributed by atoms with Crippen molar-refractivity contribution in [3.8, 4) is 0 Å². The maximum Gasteiger partial charge on any atom is 0.238 e. The highest BCUT2D eigenvalue weighted by atomic mass is 32.1. The molecule has 0 saturated heterocycles. The highest BCUT2D eigenvalue weighted by molar-refractivity contribution is 7.80. The van der Waals surface area contributed by atoms with E-state index in [-0.39, 0.29) is 5.75 Å². The molecule has 0 bridgehead atoms. The van der Waals surface area contributed by atoms with Crippen molar-refractivity contribution in [2.75, 3.05) is 5.75 Å². The van der Waals surface area contributed by atoms with Crippen LogP contribution in [0.5, 0.6) is 0 Å². The lowest BCUT2D eigenvalue weighted by Gasteiger charge is -2.21. The van der Waals surface area contributed by atoms with E-state index in [0.29, 0.717) is 6.42 Å². The van der Waals surface area contributed by atoms with Gasteiger partial charge in [0.2, 0.25) is 5.91 Å². The van der Waals surface area contributed by atoms with Crippen LogP contribution >= 0.6 is 12.6 Å². The number of thiol groups is 1. The molecule has 0 aromatic heterocycles. The largest absolute Gasteiger partial charge is 0.368 e. The second-order valence-electron chi connectivity index (χ2n) is 2.17. The van der Waals surface area contributed by atoms with Gasteiger partial charge in [0.25, 0.3) is 0 Å². The number of carbonyl (C=O) groups is 1. The normalized spacial score (nSPS) is 15.8. The summed E-state index contributed by atoms with van der Waals surface area (Å²) >= 11 is 3.90. The zero-order valence-electron chi connectivity index (χ0n) is 5.71. The van der Waals surface area contributed by atoms with Gasteiger partial charge in [0.15, 0.2) is 0 Å². The SMILES string of the molecule is C=CC[C@](N)(CS)C(N)=O. The molecule has 10 heavy (non-hydrogen) atoms. The number of rotatable bonds is 4. The summed E-state index contributed by atoms with van der Waals surface area (Å²) in [5.41, 5.74) is 9.51. The summed E-state index contributed by atoms with van der Waals surface area (Å²) in [4.78, 5) is 10.6. The first-order chi connectivity index (χ1) is 4.56. The average molecular weight is 160 g/mol. The van der Waals surface area contributed by atoms with Gasteiger partial charge in [-0.3, -0.25) is 4.79 Å². The van der Waals surface area contributed by atoms with E-state index in [0.717, 1.165) is 0 Å². The molecule has 0 unspecified atom stereocenters. The zero-order chi connectivity index (χ0) is 8.20. The Labute approximate surface area is 65.9 Å². The topological polar surface area (TPSA) is 69.1 Å². The van der Waals surface area contributed by atoms with Crippen LogP contribution in [0.25, 0.3) is 0 Å². The van der Waals surface area contributed by atoms with E-state index in [9.17, 15) is 4.79 Å². The maximum atomic E-state index is 10.6. The molecule has 0 spiro atoms. The molecule has 58 valence electrons. The van der Waals surface area contributed by atoms with Crippen LogP contribution in [-0.2, 0) is 4.79 Å². The third kappa shape index (κ3) is 2.04. The Morgan fingerprint density at radius 3 is 2.40 bits per heavy atom. The van der Waals surface area contributed by atoms with E-state index in [4.69, 9.17) is 11.5 Å². The molecule has 4 N–H and O–H groups in total. The Morgan fingerprint density at radius 2 is 2.30 bits per heavy atom. The van der Waals surface area contributed by atoms with E-state index < -0.39 is 11.4 Å². The number of carbonyl (C=O) groups excluding carboxylic acids is 1. The van der Waals surface area contributed by atoms with Gasteiger partial charge < -0.3 is 11.5 Å². The summed E-state index contributed by atoms with van der Waals surface area (Å²) in [6.07, 6.45) is 1.92. The minimum Gasteiger partial charge on any atom is -0.368 e. The minimum absolute atomic E-state index is 0.244. The Kier molecular flexibility index (Phi) is 3.46. The van der Waals surface area contributed by atoms with E-state index >= 15 is 0 Å². The minimum atomic E-state index is -1.02. The van der Waals surface area contributed by atoms with Crippen LogP contribution in [0, 0.1) is 0 Å². The molecule has 0 aliphatic carbocycles. The Balaban J connectivity index is 4.21. The molecule has 0 heterocycles. The molecule has 0 saturated carbocycles. The molecule has 0 aromatic carbocycles. The fourth-order valence-electron chi connectivity index (χ4n) is 0.501. The molecular weight excluding hydrogens is 148 g/mol. The van der Waals surface area contributed by atoms with E-state index in [1.807, 2.05) is 0 Å². The smallest absolute Gasteiger partial charge is 0.238 e. The van der Waals surface area contributed by atoms with E-state index in [1.54, 1.807) is 6.08 Å². The third-order valence-electron chi connectivity index (χ3n) is 1.28. The molecule has 0 fully saturated rings. The molecule has 3 nitrogen and oxygen atoms in total. The monoisotopic (exact) mass is 160 g/mol. The van der Waals surface area contributed by atoms with Crippen LogP contribution in [0.2, 0.25) is 0 Å². The van der Waals surface area contributed by atoms with Crippen LogP contribution in [0.3, 0.4) is 0 Å². The molecule has 1 atom stereocenters. The van der Waals surface area contributed by atoms with Crippen molar-refractivity contribution in [2.24, 2.45) is 11.5 Å². The third-order valence-corrected chi connectivity index (χ3v) is 1.85. The first-order valence-electron chi connectivity index (χ1n) is 2.87. The van der Waals surface area contributed by atoms with Gasteiger partial charge in [-0.25, -0.2) is 0 Å². The van der Waals surface area contributed by atoms with Gasteiger partial charge in [-0.15, -0.1) is 6.58 Å². The lowest BCUT2D eigenvalue weighted by atomic mass is 9.99. The van der Waals surface area contributed by atoms with Gasteiger partial charge >= 0.3 is 0 Å². The molecule has 4 heteroatoms. The number of nitrogens with two attached hydrogens (primary N) is 2. The predicted molar refractivity (Wildman–Crippen MR) is 44.8 cm³/mol. The van der Waals surface area contributed by atoms with Gasteiger partial charge in [0.05, 0.1) is 0 Å². The Hall–Kier alpha value is -0.480. The summed E-state index contributed by atoms with van der Waals surface area (Å²) in [5.74, 6) is -0.295. The number of hydrogen-bond donors (Lipinski definition) is 3. The first-order valence-corrected chi connectivity index (χ1v) is 3.50. The van der Waals surface area contributed by atoms with Gasteiger partial charge in [0, 0.05) is 5.75 Å². The highest BCUT2D eigenvalue weighted by Gasteiger charge is 2.28. The van der Waals surface area contributed by atoms with Crippen molar-refractivity contribution in [2.45, 2.75) is 12.0 Å². The molecule has 0 aromatic rings. The highest BCUT2D eigenvalue weighted by Crippen LogP contribution is 2.07. The summed E-state index contributed by atoms with van der Waals surface area (Å²) in [6.45, 7) is 3.45.